The Labute approximate surface area is 158 Å². The summed E-state index contributed by atoms with van der Waals surface area (Å²) in [5.41, 5.74) is 2.36. The van der Waals surface area contributed by atoms with Crippen molar-refractivity contribution in [3.05, 3.63) is 75.9 Å². The molecule has 2 N–H and O–H groups in total. The van der Waals surface area contributed by atoms with E-state index in [1.807, 2.05) is 29.6 Å². The largest absolute Gasteiger partial charge is 0.497 e. The number of aromatic nitrogens is 2. The molecule has 2 heterocycles. The van der Waals surface area contributed by atoms with Gasteiger partial charge in [-0.1, -0.05) is 12.1 Å². The minimum Gasteiger partial charge on any atom is -0.497 e. The van der Waals surface area contributed by atoms with Gasteiger partial charge in [0.05, 0.1) is 19.0 Å². The van der Waals surface area contributed by atoms with Gasteiger partial charge in [0.2, 0.25) is 0 Å². The van der Waals surface area contributed by atoms with Crippen molar-refractivity contribution in [1.82, 2.24) is 9.97 Å². The molecule has 2 aromatic heterocycles. The van der Waals surface area contributed by atoms with E-state index in [1.54, 1.807) is 19.2 Å². The molecule has 4 aromatic rings. The summed E-state index contributed by atoms with van der Waals surface area (Å²) in [6.45, 7) is 0.340. The highest BCUT2D eigenvalue weighted by atomic mass is 32.1. The maximum absolute atomic E-state index is 13.0. The fourth-order valence-electron chi connectivity index (χ4n) is 2.81. The van der Waals surface area contributed by atoms with Crippen molar-refractivity contribution in [3.8, 4) is 16.9 Å². The minimum absolute atomic E-state index is 0.178. The standard InChI is InChI=1S/C20H16FN3O2S/c1-26-15-8-2-12(3-9-15)16-11-27-20-18(16)19(25)23-17(24-20)10-22-14-6-4-13(21)5-7-14/h2-9,11,22H,10H2,1H3,(H,23,24,25). The number of ether oxygens (including phenoxy) is 1. The minimum atomic E-state index is -0.293. The van der Waals surface area contributed by atoms with E-state index in [2.05, 4.69) is 15.3 Å². The lowest BCUT2D eigenvalue weighted by Gasteiger charge is -2.06. The van der Waals surface area contributed by atoms with Gasteiger partial charge in [0.1, 0.15) is 22.2 Å². The summed E-state index contributed by atoms with van der Waals surface area (Å²) >= 11 is 1.43. The van der Waals surface area contributed by atoms with Crippen LogP contribution in [0.25, 0.3) is 21.3 Å². The van der Waals surface area contributed by atoms with Crippen LogP contribution in [0, 0.1) is 5.82 Å². The Morgan fingerprint density at radius 2 is 1.89 bits per heavy atom. The molecule has 0 fully saturated rings. The maximum Gasteiger partial charge on any atom is 0.260 e. The average Bonchev–Trinajstić information content (AvgIpc) is 3.12. The van der Waals surface area contributed by atoms with Gasteiger partial charge in [-0.05, 0) is 42.0 Å². The van der Waals surface area contributed by atoms with Gasteiger partial charge in [0.25, 0.3) is 5.56 Å². The molecular formula is C20H16FN3O2S. The van der Waals surface area contributed by atoms with Crippen LogP contribution in [0.3, 0.4) is 0 Å². The van der Waals surface area contributed by atoms with Gasteiger partial charge in [-0.15, -0.1) is 11.3 Å². The number of halogens is 1. The highest BCUT2D eigenvalue weighted by Gasteiger charge is 2.13. The van der Waals surface area contributed by atoms with Gasteiger partial charge >= 0.3 is 0 Å². The molecule has 27 heavy (non-hydrogen) atoms. The Morgan fingerprint density at radius 3 is 2.59 bits per heavy atom. The van der Waals surface area contributed by atoms with Crippen molar-refractivity contribution in [2.24, 2.45) is 0 Å². The number of hydrogen-bond acceptors (Lipinski definition) is 5. The molecule has 0 saturated carbocycles. The Kier molecular flexibility index (Phi) is 4.60. The fourth-order valence-corrected chi connectivity index (χ4v) is 3.78. The number of methoxy groups -OCH3 is 1. The predicted octanol–water partition coefficient (Wildman–Crippen LogP) is 4.41. The number of aromatic amines is 1. The highest BCUT2D eigenvalue weighted by molar-refractivity contribution is 7.17. The third-order valence-corrected chi connectivity index (χ3v) is 5.07. The van der Waals surface area contributed by atoms with Crippen LogP contribution in [0.15, 0.2) is 58.7 Å². The Morgan fingerprint density at radius 1 is 1.15 bits per heavy atom. The monoisotopic (exact) mass is 381 g/mol. The molecule has 0 radical (unpaired) electrons. The number of thiophene rings is 1. The van der Waals surface area contributed by atoms with Crippen molar-refractivity contribution in [2.75, 3.05) is 12.4 Å². The molecular weight excluding hydrogens is 365 g/mol. The van der Waals surface area contributed by atoms with Crippen LogP contribution >= 0.6 is 11.3 Å². The molecule has 0 amide bonds. The summed E-state index contributed by atoms with van der Waals surface area (Å²) in [7, 11) is 1.62. The summed E-state index contributed by atoms with van der Waals surface area (Å²) < 4.78 is 18.1. The second-order valence-electron chi connectivity index (χ2n) is 5.93. The maximum atomic E-state index is 13.0. The molecule has 0 aliphatic heterocycles. The summed E-state index contributed by atoms with van der Waals surface area (Å²) in [6.07, 6.45) is 0. The number of nitrogens with zero attached hydrogens (tertiary/aromatic N) is 1. The van der Waals surface area contributed by atoms with E-state index in [4.69, 9.17) is 4.74 Å². The normalized spacial score (nSPS) is 10.9. The Bertz CT molecular complexity index is 1130. The second kappa shape index (κ2) is 7.20. The third kappa shape index (κ3) is 3.54. The van der Waals surface area contributed by atoms with E-state index in [9.17, 15) is 9.18 Å². The van der Waals surface area contributed by atoms with Crippen LogP contribution in [0.2, 0.25) is 0 Å². The van der Waals surface area contributed by atoms with Crippen LogP contribution in [0.5, 0.6) is 5.75 Å². The quantitative estimate of drug-likeness (QED) is 0.537. The Hall–Kier alpha value is -3.19. The first-order valence-corrected chi connectivity index (χ1v) is 9.16. The van der Waals surface area contributed by atoms with E-state index in [-0.39, 0.29) is 11.4 Å². The first-order chi connectivity index (χ1) is 13.1. The van der Waals surface area contributed by atoms with Crippen molar-refractivity contribution in [1.29, 1.82) is 0 Å². The number of anilines is 1. The van der Waals surface area contributed by atoms with Gasteiger partial charge in [0.15, 0.2) is 0 Å². The van der Waals surface area contributed by atoms with Gasteiger partial charge < -0.3 is 15.0 Å². The van der Waals surface area contributed by atoms with Crippen LogP contribution in [-0.4, -0.2) is 17.1 Å². The summed E-state index contributed by atoms with van der Waals surface area (Å²) in [6, 6.07) is 13.6. The van der Waals surface area contributed by atoms with Gasteiger partial charge in [0, 0.05) is 16.6 Å². The molecule has 7 heteroatoms. The van der Waals surface area contributed by atoms with Gasteiger partial charge in [-0.2, -0.15) is 0 Å². The van der Waals surface area contributed by atoms with E-state index < -0.39 is 0 Å². The number of benzene rings is 2. The molecule has 0 spiro atoms. The highest BCUT2D eigenvalue weighted by Crippen LogP contribution is 2.31. The molecule has 2 aromatic carbocycles. The number of nitrogens with one attached hydrogen (secondary N) is 2. The predicted molar refractivity (Wildman–Crippen MR) is 106 cm³/mol. The summed E-state index contributed by atoms with van der Waals surface area (Å²) in [5.74, 6) is 0.998. The lowest BCUT2D eigenvalue weighted by Crippen LogP contribution is -2.14. The van der Waals surface area contributed by atoms with E-state index in [1.165, 1.54) is 23.5 Å². The topological polar surface area (TPSA) is 67.0 Å². The smallest absolute Gasteiger partial charge is 0.260 e. The average molecular weight is 381 g/mol. The third-order valence-electron chi connectivity index (χ3n) is 4.20. The van der Waals surface area contributed by atoms with Crippen molar-refractivity contribution < 1.29 is 9.13 Å². The zero-order chi connectivity index (χ0) is 18.8. The summed E-state index contributed by atoms with van der Waals surface area (Å²) in [5, 5.41) is 5.64. The first kappa shape index (κ1) is 17.2. The lowest BCUT2D eigenvalue weighted by molar-refractivity contribution is 0.415. The molecule has 4 rings (SSSR count). The second-order valence-corrected chi connectivity index (χ2v) is 6.79. The molecule has 136 valence electrons. The number of H-pyrrole nitrogens is 1. The van der Waals surface area contributed by atoms with Crippen molar-refractivity contribution >= 4 is 27.2 Å². The van der Waals surface area contributed by atoms with Crippen molar-refractivity contribution in [2.45, 2.75) is 6.54 Å². The van der Waals surface area contributed by atoms with Crippen molar-refractivity contribution in [3.63, 3.8) is 0 Å². The molecule has 0 unspecified atom stereocenters. The zero-order valence-electron chi connectivity index (χ0n) is 14.5. The zero-order valence-corrected chi connectivity index (χ0v) is 15.3. The van der Waals surface area contributed by atoms with E-state index >= 15 is 0 Å². The molecule has 0 atom stereocenters. The number of rotatable bonds is 5. The van der Waals surface area contributed by atoms with E-state index in [0.29, 0.717) is 22.6 Å². The van der Waals surface area contributed by atoms with Gasteiger partial charge in [-0.25, -0.2) is 9.37 Å². The fraction of sp³-hybridized carbons (Fsp3) is 0.100. The lowest BCUT2D eigenvalue weighted by atomic mass is 10.1. The molecule has 0 aliphatic rings. The molecule has 0 aliphatic carbocycles. The summed E-state index contributed by atoms with van der Waals surface area (Å²) in [4.78, 5) is 20.7. The molecule has 0 bridgehead atoms. The van der Waals surface area contributed by atoms with Crippen LogP contribution in [0.1, 0.15) is 5.82 Å². The SMILES string of the molecule is COc1ccc(-c2csc3nc(CNc4ccc(F)cc4)[nH]c(=O)c23)cc1. The first-order valence-electron chi connectivity index (χ1n) is 8.28. The number of hydrogen-bond donors (Lipinski definition) is 2. The molecule has 0 saturated heterocycles. The number of fused-ring (bicyclic) bond motifs is 1. The van der Waals surface area contributed by atoms with E-state index in [0.717, 1.165) is 22.6 Å². The Balaban J connectivity index is 1.62. The van der Waals surface area contributed by atoms with Crippen LogP contribution in [0.4, 0.5) is 10.1 Å². The van der Waals surface area contributed by atoms with Crippen LogP contribution in [-0.2, 0) is 6.54 Å². The molecule has 5 nitrogen and oxygen atoms in total. The van der Waals surface area contributed by atoms with Gasteiger partial charge in [-0.3, -0.25) is 4.79 Å². The van der Waals surface area contributed by atoms with Crippen LogP contribution < -0.4 is 15.6 Å².